The Bertz CT molecular complexity index is 1310. The van der Waals surface area contributed by atoms with Crippen LogP contribution < -0.4 is 21.1 Å². The fraction of sp³-hybridized carbons (Fsp3) is 0.217. The summed E-state index contributed by atoms with van der Waals surface area (Å²) in [6.45, 7) is 3.79. The van der Waals surface area contributed by atoms with Crippen LogP contribution in [0.5, 0.6) is 5.75 Å². The van der Waals surface area contributed by atoms with Crippen LogP contribution >= 0.6 is 0 Å². The van der Waals surface area contributed by atoms with Crippen molar-refractivity contribution >= 4 is 23.2 Å². The number of aromatic nitrogens is 4. The Morgan fingerprint density at radius 1 is 1.21 bits per heavy atom. The Morgan fingerprint density at radius 3 is 2.73 bits per heavy atom. The number of methoxy groups -OCH3 is 1. The number of nitrogens with two attached hydrogens (primary N) is 1. The van der Waals surface area contributed by atoms with Crippen molar-refractivity contribution < 1.29 is 14.1 Å². The third kappa shape index (κ3) is 4.36. The minimum Gasteiger partial charge on any atom is -0.495 e. The number of hydrogen-bond acceptors (Lipinski definition) is 8. The van der Waals surface area contributed by atoms with Crippen LogP contribution in [0.15, 0.2) is 47.0 Å². The maximum atomic E-state index is 12.7. The van der Waals surface area contributed by atoms with Crippen LogP contribution in [0, 0.1) is 13.8 Å². The molecular formula is C23H25N7O3. The zero-order valence-corrected chi connectivity index (χ0v) is 18.8. The van der Waals surface area contributed by atoms with Crippen molar-refractivity contribution in [3.63, 3.8) is 0 Å². The highest BCUT2D eigenvalue weighted by Crippen LogP contribution is 2.34. The second kappa shape index (κ2) is 9.03. The van der Waals surface area contributed by atoms with Gasteiger partial charge in [-0.3, -0.25) is 4.79 Å². The highest BCUT2D eigenvalue weighted by atomic mass is 16.5. The number of benzene rings is 2. The molecule has 2 heterocycles. The molecule has 4 aromatic rings. The van der Waals surface area contributed by atoms with Gasteiger partial charge < -0.3 is 25.6 Å². The van der Waals surface area contributed by atoms with Crippen molar-refractivity contribution in [1.29, 1.82) is 0 Å². The molecule has 170 valence electrons. The van der Waals surface area contributed by atoms with Gasteiger partial charge in [0.2, 0.25) is 11.7 Å². The number of nitrogens with zero attached hydrogens (tertiary/aromatic N) is 4. The predicted octanol–water partition coefficient (Wildman–Crippen LogP) is 3.49. The molecular weight excluding hydrogens is 422 g/mol. The molecule has 10 heteroatoms. The van der Waals surface area contributed by atoms with Crippen LogP contribution in [0.1, 0.15) is 11.1 Å². The lowest BCUT2D eigenvalue weighted by atomic mass is 10.1. The van der Waals surface area contributed by atoms with Crippen molar-refractivity contribution in [3.8, 4) is 28.6 Å². The normalized spacial score (nSPS) is 10.8. The third-order valence-corrected chi connectivity index (χ3v) is 5.18. The van der Waals surface area contributed by atoms with Crippen molar-refractivity contribution in [2.24, 2.45) is 0 Å². The highest BCUT2D eigenvalue weighted by Gasteiger charge is 2.24. The Balaban J connectivity index is 1.61. The van der Waals surface area contributed by atoms with Crippen LogP contribution in [-0.4, -0.2) is 40.0 Å². The molecule has 0 aliphatic carbocycles. The van der Waals surface area contributed by atoms with Gasteiger partial charge in [0.15, 0.2) is 5.82 Å². The van der Waals surface area contributed by atoms with Gasteiger partial charge in [0.05, 0.1) is 12.8 Å². The first-order valence-electron chi connectivity index (χ1n) is 10.3. The number of hydrogen-bond donors (Lipinski definition) is 3. The van der Waals surface area contributed by atoms with Crippen LogP contribution in [0.25, 0.3) is 22.8 Å². The quantitative estimate of drug-likeness (QED) is 0.392. The van der Waals surface area contributed by atoms with Crippen LogP contribution in [0.3, 0.4) is 0 Å². The molecule has 2 aromatic carbocycles. The third-order valence-electron chi connectivity index (χ3n) is 5.18. The zero-order chi connectivity index (χ0) is 23.5. The molecule has 0 fully saturated rings. The first-order chi connectivity index (χ1) is 15.9. The number of rotatable bonds is 7. The highest BCUT2D eigenvalue weighted by molar-refractivity contribution is 5.93. The molecule has 4 N–H and O–H groups in total. The van der Waals surface area contributed by atoms with E-state index in [-0.39, 0.29) is 24.2 Å². The molecule has 0 atom stereocenters. The first-order valence-corrected chi connectivity index (χ1v) is 10.3. The fourth-order valence-corrected chi connectivity index (χ4v) is 3.48. The summed E-state index contributed by atoms with van der Waals surface area (Å²) < 4.78 is 12.2. The lowest BCUT2D eigenvalue weighted by Gasteiger charge is -2.11. The van der Waals surface area contributed by atoms with Gasteiger partial charge in [-0.1, -0.05) is 35.5 Å². The number of nitrogens with one attached hydrogen (secondary N) is 2. The van der Waals surface area contributed by atoms with Crippen molar-refractivity contribution in [2.75, 3.05) is 30.5 Å². The lowest BCUT2D eigenvalue weighted by molar-refractivity contribution is -0.116. The summed E-state index contributed by atoms with van der Waals surface area (Å²) in [7, 11) is 3.25. The van der Waals surface area contributed by atoms with Crippen molar-refractivity contribution in [1.82, 2.24) is 19.9 Å². The lowest BCUT2D eigenvalue weighted by Crippen LogP contribution is -2.21. The zero-order valence-electron chi connectivity index (χ0n) is 18.8. The molecule has 0 unspecified atom stereocenters. The second-order valence-corrected chi connectivity index (χ2v) is 7.51. The van der Waals surface area contributed by atoms with Gasteiger partial charge in [-0.15, -0.1) is 0 Å². The Kier molecular flexibility index (Phi) is 5.99. The van der Waals surface area contributed by atoms with E-state index in [1.165, 1.54) is 4.68 Å². The monoisotopic (exact) mass is 447 g/mol. The number of ether oxygens (including phenoxy) is 1. The minimum absolute atomic E-state index is 0.115. The molecule has 33 heavy (non-hydrogen) atoms. The summed E-state index contributed by atoms with van der Waals surface area (Å²) in [5, 5.41) is 14.3. The molecule has 4 rings (SSSR count). The molecule has 0 saturated carbocycles. The Hall–Kier alpha value is -4.34. The van der Waals surface area contributed by atoms with E-state index in [2.05, 4.69) is 25.9 Å². The summed E-state index contributed by atoms with van der Waals surface area (Å²) in [5.74, 6) is 1.56. The van der Waals surface area contributed by atoms with E-state index < -0.39 is 0 Å². The number of nitrogen functional groups attached to an aromatic ring is 1. The van der Waals surface area contributed by atoms with Crippen LogP contribution in [-0.2, 0) is 11.3 Å². The molecule has 2 aromatic heterocycles. The Morgan fingerprint density at radius 2 is 2.00 bits per heavy atom. The average Bonchev–Trinajstić information content (AvgIpc) is 3.39. The van der Waals surface area contributed by atoms with Gasteiger partial charge in [-0.25, -0.2) is 4.68 Å². The summed E-state index contributed by atoms with van der Waals surface area (Å²) in [4.78, 5) is 17.2. The molecule has 0 saturated heterocycles. The van der Waals surface area contributed by atoms with Gasteiger partial charge in [-0.05, 0) is 37.1 Å². The SMILES string of the molecule is CNc1nn(CC(=O)Nc2cc(C)ccc2OC)c(N)c1-c1nc(-c2ccccc2C)no1. The molecule has 0 radical (unpaired) electrons. The van der Waals surface area contributed by atoms with Gasteiger partial charge in [0.1, 0.15) is 23.7 Å². The number of carbonyl (C=O) groups is 1. The van der Waals surface area contributed by atoms with Crippen LogP contribution in [0.4, 0.5) is 17.3 Å². The maximum Gasteiger partial charge on any atom is 0.265 e. The largest absolute Gasteiger partial charge is 0.495 e. The molecule has 1 amide bonds. The molecule has 10 nitrogen and oxygen atoms in total. The van der Waals surface area contributed by atoms with E-state index in [0.29, 0.717) is 28.6 Å². The fourth-order valence-electron chi connectivity index (χ4n) is 3.48. The minimum atomic E-state index is -0.312. The summed E-state index contributed by atoms with van der Waals surface area (Å²) in [5.41, 5.74) is 10.2. The summed E-state index contributed by atoms with van der Waals surface area (Å²) in [6, 6.07) is 13.3. The van der Waals surface area contributed by atoms with Crippen molar-refractivity contribution in [2.45, 2.75) is 20.4 Å². The van der Waals surface area contributed by atoms with E-state index in [1.54, 1.807) is 20.2 Å². The van der Waals surface area contributed by atoms with Gasteiger partial charge in [0.25, 0.3) is 5.89 Å². The molecule has 0 aliphatic rings. The maximum absolute atomic E-state index is 12.7. The average molecular weight is 447 g/mol. The summed E-state index contributed by atoms with van der Waals surface area (Å²) in [6.07, 6.45) is 0. The molecule has 0 aliphatic heterocycles. The molecule has 0 bridgehead atoms. The number of aryl methyl sites for hydroxylation is 2. The van der Waals surface area contributed by atoms with Gasteiger partial charge in [0, 0.05) is 12.6 Å². The van der Waals surface area contributed by atoms with E-state index in [1.807, 2.05) is 50.2 Å². The van der Waals surface area contributed by atoms with E-state index in [4.69, 9.17) is 15.0 Å². The molecule has 0 spiro atoms. The predicted molar refractivity (Wildman–Crippen MR) is 126 cm³/mol. The van der Waals surface area contributed by atoms with E-state index >= 15 is 0 Å². The smallest absolute Gasteiger partial charge is 0.265 e. The topological polar surface area (TPSA) is 133 Å². The van der Waals surface area contributed by atoms with Gasteiger partial charge in [-0.2, -0.15) is 10.1 Å². The van der Waals surface area contributed by atoms with Gasteiger partial charge >= 0.3 is 0 Å². The summed E-state index contributed by atoms with van der Waals surface area (Å²) >= 11 is 0. The Labute approximate surface area is 190 Å². The van der Waals surface area contributed by atoms with Crippen molar-refractivity contribution in [3.05, 3.63) is 53.6 Å². The second-order valence-electron chi connectivity index (χ2n) is 7.51. The van der Waals surface area contributed by atoms with Crippen LogP contribution in [0.2, 0.25) is 0 Å². The standard InChI is InChI=1S/C23H25N7O3/c1-13-9-10-17(32-4)16(11-13)26-18(31)12-30-20(24)19(22(25-3)28-30)23-27-21(29-33-23)15-8-6-5-7-14(15)2/h5-11H,12,24H2,1-4H3,(H,25,28)(H,26,31). The number of anilines is 3. The van der Waals surface area contributed by atoms with E-state index in [0.717, 1.165) is 16.7 Å². The van der Waals surface area contributed by atoms with E-state index in [9.17, 15) is 4.79 Å². The number of amides is 1. The number of carbonyl (C=O) groups excluding carboxylic acids is 1. The first kappa shape index (κ1) is 21.9.